The second kappa shape index (κ2) is 3.09. The fourth-order valence-electron chi connectivity index (χ4n) is 0.298. The minimum Gasteiger partial charge on any atom is -0.368 e. The van der Waals surface area contributed by atoms with Crippen LogP contribution < -0.4 is 0 Å². The van der Waals surface area contributed by atoms with Gasteiger partial charge in [-0.05, 0) is 6.92 Å². The lowest BCUT2D eigenvalue weighted by atomic mass is 10.4. The quantitative estimate of drug-likeness (QED) is 0.356. The van der Waals surface area contributed by atoms with Gasteiger partial charge in [-0.15, -0.1) is 6.58 Å². The Labute approximate surface area is 54.5 Å². The molecule has 1 atom stereocenters. The largest absolute Gasteiger partial charge is 0.671 e. The van der Waals surface area contributed by atoms with Crippen LogP contribution >= 0.6 is 0 Å². The highest BCUT2D eigenvalue weighted by molar-refractivity contribution is 6.48. The number of hydrogen-bond acceptors (Lipinski definition) is 4. The van der Waals surface area contributed by atoms with Gasteiger partial charge in [0.1, 0.15) is 0 Å². The van der Waals surface area contributed by atoms with Crippen LogP contribution in [0, 0.1) is 0 Å². The third kappa shape index (κ3) is 5.67. The van der Waals surface area contributed by atoms with E-state index in [1.54, 1.807) is 0 Å². The first-order valence-corrected chi connectivity index (χ1v) is 4.18. The van der Waals surface area contributed by atoms with Gasteiger partial charge < -0.3 is 18.8 Å². The first-order valence-electron chi connectivity index (χ1n) is 2.43. The number of hydrogen-bond donors (Lipinski definition) is 3. The van der Waals surface area contributed by atoms with Gasteiger partial charge in [-0.25, -0.2) is 0 Å². The molecule has 1 unspecified atom stereocenters. The van der Waals surface area contributed by atoms with Gasteiger partial charge in [-0.3, -0.25) is 0 Å². The highest BCUT2D eigenvalue weighted by atomic mass is 28.4. The highest BCUT2D eigenvalue weighted by Crippen LogP contribution is 1.97. The molecule has 3 N–H and O–H groups in total. The average molecular weight is 150 g/mol. The molecule has 4 nitrogen and oxygen atoms in total. The van der Waals surface area contributed by atoms with E-state index in [9.17, 15) is 0 Å². The molecule has 0 aromatic rings. The summed E-state index contributed by atoms with van der Waals surface area (Å²) in [5.41, 5.74) is 0. The Balaban J connectivity index is 3.59. The summed E-state index contributed by atoms with van der Waals surface area (Å²) in [6, 6.07) is 0. The van der Waals surface area contributed by atoms with Gasteiger partial charge in [0.05, 0.1) is 6.10 Å². The van der Waals surface area contributed by atoms with E-state index in [-0.39, 0.29) is 0 Å². The molecular formula is C4H10O4Si. The minimum absolute atomic E-state index is 0.531. The van der Waals surface area contributed by atoms with Gasteiger partial charge in [0.2, 0.25) is 0 Å². The maximum atomic E-state index is 8.30. The standard InChI is InChI=1S/C4H10O4Si/c1-3-4(2)8-9(5,6)7/h3-7H,1H2,2H3. The Morgan fingerprint density at radius 2 is 2.00 bits per heavy atom. The van der Waals surface area contributed by atoms with Crippen LogP contribution in [0.4, 0.5) is 0 Å². The van der Waals surface area contributed by atoms with E-state index in [1.807, 2.05) is 0 Å². The van der Waals surface area contributed by atoms with Crippen LogP contribution in [0.25, 0.3) is 0 Å². The fraction of sp³-hybridized carbons (Fsp3) is 0.500. The van der Waals surface area contributed by atoms with Crippen molar-refractivity contribution in [3.05, 3.63) is 12.7 Å². The molecule has 54 valence electrons. The van der Waals surface area contributed by atoms with Crippen molar-refractivity contribution in [3.63, 3.8) is 0 Å². The SMILES string of the molecule is C=CC(C)O[Si](O)(O)O. The van der Waals surface area contributed by atoms with E-state index >= 15 is 0 Å². The molecule has 5 heteroatoms. The molecule has 0 heterocycles. The first-order chi connectivity index (χ1) is 3.95. The Morgan fingerprint density at radius 1 is 1.56 bits per heavy atom. The lowest BCUT2D eigenvalue weighted by Crippen LogP contribution is -2.41. The van der Waals surface area contributed by atoms with Crippen molar-refractivity contribution >= 4 is 9.05 Å². The predicted octanol–water partition coefficient (Wildman–Crippen LogP) is -1.01. The van der Waals surface area contributed by atoms with Crippen LogP contribution in [0.3, 0.4) is 0 Å². The molecule has 0 saturated heterocycles. The van der Waals surface area contributed by atoms with Crippen LogP contribution in [-0.2, 0) is 4.43 Å². The van der Waals surface area contributed by atoms with E-state index in [0.29, 0.717) is 0 Å². The molecule has 0 aliphatic heterocycles. The molecule has 0 fully saturated rings. The van der Waals surface area contributed by atoms with Crippen molar-refractivity contribution in [1.29, 1.82) is 0 Å². The molecule has 0 saturated carbocycles. The topological polar surface area (TPSA) is 69.9 Å². The zero-order valence-corrected chi connectivity index (χ0v) is 6.11. The van der Waals surface area contributed by atoms with E-state index in [4.69, 9.17) is 14.4 Å². The van der Waals surface area contributed by atoms with Crippen LogP contribution in [0.5, 0.6) is 0 Å². The second-order valence-corrected chi connectivity index (χ2v) is 3.02. The Kier molecular flexibility index (Phi) is 3.02. The van der Waals surface area contributed by atoms with Gasteiger partial charge in [0, 0.05) is 0 Å². The highest BCUT2D eigenvalue weighted by Gasteiger charge is 2.31. The molecule has 0 radical (unpaired) electrons. The molecular weight excluding hydrogens is 140 g/mol. The van der Waals surface area contributed by atoms with Crippen molar-refractivity contribution in [2.24, 2.45) is 0 Å². The Bertz CT molecular complexity index is 97.2. The van der Waals surface area contributed by atoms with E-state index in [2.05, 4.69) is 11.0 Å². The van der Waals surface area contributed by atoms with Crippen molar-refractivity contribution in [3.8, 4) is 0 Å². The molecule has 0 spiro atoms. The maximum absolute atomic E-state index is 8.30. The van der Waals surface area contributed by atoms with Crippen LogP contribution in [0.2, 0.25) is 0 Å². The van der Waals surface area contributed by atoms with Crippen LogP contribution in [0.1, 0.15) is 6.92 Å². The summed E-state index contributed by atoms with van der Waals surface area (Å²) in [5.74, 6) is 0. The van der Waals surface area contributed by atoms with Crippen LogP contribution in [0.15, 0.2) is 12.7 Å². The molecule has 0 aliphatic carbocycles. The number of rotatable bonds is 3. The molecule has 0 rings (SSSR count). The normalized spacial score (nSPS) is 15.1. The van der Waals surface area contributed by atoms with E-state index < -0.39 is 15.2 Å². The molecule has 0 aromatic heterocycles. The summed E-state index contributed by atoms with van der Waals surface area (Å²) in [4.78, 5) is 24.9. The van der Waals surface area contributed by atoms with Crippen molar-refractivity contribution in [2.75, 3.05) is 0 Å². The zero-order chi connectivity index (χ0) is 7.49. The van der Waals surface area contributed by atoms with Gasteiger partial charge in [-0.1, -0.05) is 6.08 Å². The first kappa shape index (κ1) is 8.80. The fourth-order valence-corrected chi connectivity index (χ4v) is 0.893. The predicted molar refractivity (Wildman–Crippen MR) is 33.2 cm³/mol. The lowest BCUT2D eigenvalue weighted by Gasteiger charge is -2.12. The lowest BCUT2D eigenvalue weighted by molar-refractivity contribution is 0.0460. The summed E-state index contributed by atoms with van der Waals surface area (Å²) >= 11 is 0. The van der Waals surface area contributed by atoms with E-state index in [1.165, 1.54) is 13.0 Å². The van der Waals surface area contributed by atoms with E-state index in [0.717, 1.165) is 0 Å². The molecule has 0 bridgehead atoms. The van der Waals surface area contributed by atoms with Crippen molar-refractivity contribution < 1.29 is 18.8 Å². The molecule has 0 aliphatic rings. The third-order valence-electron chi connectivity index (χ3n) is 0.676. The summed E-state index contributed by atoms with van der Waals surface area (Å²) in [6.45, 7) is 4.85. The summed E-state index contributed by atoms with van der Waals surface area (Å²) in [5, 5.41) is 0. The van der Waals surface area contributed by atoms with Gasteiger partial charge in [0.25, 0.3) is 0 Å². The van der Waals surface area contributed by atoms with Crippen LogP contribution in [-0.4, -0.2) is 29.5 Å². The van der Waals surface area contributed by atoms with Crippen molar-refractivity contribution in [2.45, 2.75) is 13.0 Å². The second-order valence-electron chi connectivity index (χ2n) is 1.63. The van der Waals surface area contributed by atoms with Gasteiger partial charge in [-0.2, -0.15) is 0 Å². The monoisotopic (exact) mass is 150 g/mol. The Hall–Kier alpha value is -0.203. The molecule has 0 aromatic carbocycles. The maximum Gasteiger partial charge on any atom is 0.671 e. The smallest absolute Gasteiger partial charge is 0.368 e. The molecule has 0 amide bonds. The van der Waals surface area contributed by atoms with Crippen molar-refractivity contribution in [1.82, 2.24) is 0 Å². The van der Waals surface area contributed by atoms with Gasteiger partial charge >= 0.3 is 9.05 Å². The zero-order valence-electron chi connectivity index (χ0n) is 5.11. The molecule has 9 heavy (non-hydrogen) atoms. The third-order valence-corrected chi connectivity index (χ3v) is 1.36. The van der Waals surface area contributed by atoms with Gasteiger partial charge in [0.15, 0.2) is 0 Å². The Morgan fingerprint density at radius 3 is 2.11 bits per heavy atom. The summed E-state index contributed by atoms with van der Waals surface area (Å²) < 4.78 is 4.27. The summed E-state index contributed by atoms with van der Waals surface area (Å²) in [7, 11) is -4.31. The minimum atomic E-state index is -4.31. The summed E-state index contributed by atoms with van der Waals surface area (Å²) in [6.07, 6.45) is 0.821. The average Bonchev–Trinajstić information content (AvgIpc) is 1.62.